The van der Waals surface area contributed by atoms with E-state index in [0.717, 1.165) is 11.4 Å². The Hall–Kier alpha value is -4.21. The number of aromatic amines is 1. The van der Waals surface area contributed by atoms with Gasteiger partial charge in [-0.15, -0.1) is 0 Å². The van der Waals surface area contributed by atoms with Crippen LogP contribution in [0.25, 0.3) is 5.82 Å². The molecule has 0 spiro atoms. The van der Waals surface area contributed by atoms with Gasteiger partial charge >= 0.3 is 5.97 Å². The fourth-order valence-corrected chi connectivity index (χ4v) is 4.49. The Bertz CT molecular complexity index is 1390. The number of carbonyl (C=O) groups is 1. The van der Waals surface area contributed by atoms with Crippen molar-refractivity contribution in [2.45, 2.75) is 46.1 Å². The third-order valence-corrected chi connectivity index (χ3v) is 6.19. The third-order valence-electron chi connectivity index (χ3n) is 6.19. The summed E-state index contributed by atoms with van der Waals surface area (Å²) in [5.41, 5.74) is 3.31. The Labute approximate surface area is 202 Å². The number of methoxy groups -OCH3 is 1. The average Bonchev–Trinajstić information content (AvgIpc) is 3.46. The Morgan fingerprint density at radius 3 is 2.69 bits per heavy atom. The molecule has 4 aromatic heterocycles. The number of pyridine rings is 2. The van der Waals surface area contributed by atoms with E-state index in [1.54, 1.807) is 41.0 Å². The van der Waals surface area contributed by atoms with Crippen LogP contribution in [0, 0.1) is 20.8 Å². The molecule has 2 N–H and O–H groups in total. The van der Waals surface area contributed by atoms with Gasteiger partial charge in [-0.3, -0.25) is 9.59 Å². The summed E-state index contributed by atoms with van der Waals surface area (Å²) >= 11 is 0. The first-order valence-corrected chi connectivity index (χ1v) is 11.3. The van der Waals surface area contributed by atoms with E-state index in [2.05, 4.69) is 20.1 Å². The Kier molecular flexibility index (Phi) is 6.81. The van der Waals surface area contributed by atoms with Crippen molar-refractivity contribution in [1.82, 2.24) is 29.3 Å². The molecular weight excluding hydrogens is 448 g/mol. The number of aromatic nitrogens is 6. The van der Waals surface area contributed by atoms with Gasteiger partial charge in [0.05, 0.1) is 31.1 Å². The highest BCUT2D eigenvalue weighted by Crippen LogP contribution is 2.36. The maximum atomic E-state index is 13.7. The summed E-state index contributed by atoms with van der Waals surface area (Å²) in [5, 5.41) is 15.6. The molecule has 0 aliphatic rings. The number of aromatic hydroxyl groups is 1. The molecule has 0 bridgehead atoms. The fraction of sp³-hybridized carbons (Fsp3) is 0.320. The van der Waals surface area contributed by atoms with Crippen molar-refractivity contribution < 1.29 is 14.6 Å². The van der Waals surface area contributed by atoms with Gasteiger partial charge in [-0.2, -0.15) is 5.10 Å². The van der Waals surface area contributed by atoms with E-state index in [-0.39, 0.29) is 23.3 Å². The van der Waals surface area contributed by atoms with Gasteiger partial charge in [0.15, 0.2) is 5.82 Å². The van der Waals surface area contributed by atoms with Crippen LogP contribution in [0.4, 0.5) is 0 Å². The quantitative estimate of drug-likeness (QED) is 0.374. The molecule has 4 aromatic rings. The Morgan fingerprint density at radius 1 is 1.23 bits per heavy atom. The van der Waals surface area contributed by atoms with Gasteiger partial charge in [0.1, 0.15) is 5.75 Å². The zero-order valence-corrected chi connectivity index (χ0v) is 20.1. The molecule has 10 nitrogen and oxygen atoms in total. The molecule has 0 amide bonds. The zero-order valence-electron chi connectivity index (χ0n) is 20.1. The normalized spacial score (nSPS) is 12.0. The van der Waals surface area contributed by atoms with Gasteiger partial charge in [-0.05, 0) is 39.0 Å². The van der Waals surface area contributed by atoms with Crippen molar-refractivity contribution >= 4 is 5.97 Å². The number of nitrogens with zero attached hydrogens (tertiary/aromatic N) is 5. The van der Waals surface area contributed by atoms with Gasteiger partial charge in [-0.1, -0.05) is 6.07 Å². The number of rotatable bonds is 8. The second kappa shape index (κ2) is 9.96. The monoisotopic (exact) mass is 476 g/mol. The Morgan fingerprint density at radius 2 is 2.03 bits per heavy atom. The predicted octanol–water partition coefficient (Wildman–Crippen LogP) is 2.72. The lowest BCUT2D eigenvalue weighted by atomic mass is 9.87. The number of aryl methyl sites for hydroxylation is 3. The minimum atomic E-state index is -0.758. The summed E-state index contributed by atoms with van der Waals surface area (Å²) in [4.78, 5) is 37.6. The van der Waals surface area contributed by atoms with Crippen LogP contribution in [0.3, 0.4) is 0 Å². The second-order valence-corrected chi connectivity index (χ2v) is 8.39. The van der Waals surface area contributed by atoms with Crippen molar-refractivity contribution in [3.05, 3.63) is 87.2 Å². The van der Waals surface area contributed by atoms with E-state index in [4.69, 9.17) is 4.74 Å². The number of esters is 1. The smallest absolute Gasteiger partial charge is 0.306 e. The number of H-pyrrole nitrogens is 1. The molecule has 0 aromatic carbocycles. The van der Waals surface area contributed by atoms with Gasteiger partial charge in [0.2, 0.25) is 0 Å². The first-order valence-electron chi connectivity index (χ1n) is 11.3. The van der Waals surface area contributed by atoms with Crippen molar-refractivity contribution in [3.63, 3.8) is 0 Å². The standard InChI is InChI=1S/C25H28N6O4/c1-15-11-20(32)24(25(34)30(15)10-8-18-13-26-14-28-18)19(12-22(33)35-4)23-16(2)29-31(17(23)3)21-7-5-6-9-27-21/h5-7,9,11,13-14,19,32H,8,10,12H2,1-4H3,(H,26,28)/t19-/m0/s1. The molecular formula is C25H28N6O4. The lowest BCUT2D eigenvalue weighted by Gasteiger charge is -2.21. The molecule has 35 heavy (non-hydrogen) atoms. The largest absolute Gasteiger partial charge is 0.507 e. The van der Waals surface area contributed by atoms with Crippen LogP contribution in [0.2, 0.25) is 0 Å². The lowest BCUT2D eigenvalue weighted by molar-refractivity contribution is -0.140. The molecule has 182 valence electrons. The summed E-state index contributed by atoms with van der Waals surface area (Å²) in [6.45, 7) is 5.82. The van der Waals surface area contributed by atoms with Crippen molar-refractivity contribution in [2.75, 3.05) is 7.11 Å². The van der Waals surface area contributed by atoms with Crippen molar-refractivity contribution in [3.8, 4) is 11.6 Å². The van der Waals surface area contributed by atoms with Crippen LogP contribution in [0.5, 0.6) is 5.75 Å². The summed E-state index contributed by atoms with van der Waals surface area (Å²) in [5.74, 6) is -0.806. The first-order chi connectivity index (χ1) is 16.8. The molecule has 4 rings (SSSR count). The average molecular weight is 477 g/mol. The molecule has 0 saturated carbocycles. The van der Waals surface area contributed by atoms with Gasteiger partial charge in [-0.25, -0.2) is 14.6 Å². The molecule has 4 heterocycles. The van der Waals surface area contributed by atoms with Gasteiger partial charge in [0, 0.05) is 53.9 Å². The number of carbonyl (C=O) groups excluding carboxylic acids is 1. The topological polar surface area (TPSA) is 128 Å². The lowest BCUT2D eigenvalue weighted by Crippen LogP contribution is -2.29. The van der Waals surface area contributed by atoms with E-state index < -0.39 is 11.9 Å². The highest BCUT2D eigenvalue weighted by atomic mass is 16.5. The van der Waals surface area contributed by atoms with Crippen LogP contribution in [0.15, 0.2) is 47.8 Å². The molecule has 0 unspecified atom stereocenters. The fourth-order valence-electron chi connectivity index (χ4n) is 4.49. The van der Waals surface area contributed by atoms with Gasteiger partial charge in [0.25, 0.3) is 5.56 Å². The minimum absolute atomic E-state index is 0.126. The number of imidazole rings is 1. The van der Waals surface area contributed by atoms with Crippen molar-refractivity contribution in [2.24, 2.45) is 0 Å². The zero-order chi connectivity index (χ0) is 25.1. The number of hydrogen-bond acceptors (Lipinski definition) is 7. The summed E-state index contributed by atoms with van der Waals surface area (Å²) in [6.07, 6.45) is 5.40. The Balaban J connectivity index is 1.85. The molecule has 10 heteroatoms. The molecule has 0 radical (unpaired) electrons. The molecule has 0 aliphatic heterocycles. The van der Waals surface area contributed by atoms with Crippen LogP contribution in [-0.4, -0.2) is 47.5 Å². The van der Waals surface area contributed by atoms with E-state index >= 15 is 0 Å². The summed E-state index contributed by atoms with van der Waals surface area (Å²) in [6, 6.07) is 7.05. The maximum Gasteiger partial charge on any atom is 0.306 e. The number of ether oxygens (including phenoxy) is 1. The number of nitrogens with one attached hydrogen (secondary N) is 1. The van der Waals surface area contributed by atoms with E-state index in [1.165, 1.54) is 7.11 Å². The predicted molar refractivity (Wildman–Crippen MR) is 129 cm³/mol. The third kappa shape index (κ3) is 4.72. The molecule has 0 fully saturated rings. The highest BCUT2D eigenvalue weighted by Gasteiger charge is 2.31. The van der Waals surface area contributed by atoms with Gasteiger partial charge < -0.3 is 19.4 Å². The van der Waals surface area contributed by atoms with E-state index in [9.17, 15) is 14.7 Å². The van der Waals surface area contributed by atoms with Crippen LogP contribution >= 0.6 is 0 Å². The summed E-state index contributed by atoms with van der Waals surface area (Å²) < 4.78 is 8.23. The highest BCUT2D eigenvalue weighted by molar-refractivity contribution is 5.72. The van der Waals surface area contributed by atoms with Crippen LogP contribution < -0.4 is 5.56 Å². The molecule has 0 saturated heterocycles. The first kappa shape index (κ1) is 23.9. The van der Waals surface area contributed by atoms with E-state index in [1.807, 2.05) is 32.0 Å². The molecule has 1 atom stereocenters. The van der Waals surface area contributed by atoms with Crippen LogP contribution in [-0.2, 0) is 22.5 Å². The van der Waals surface area contributed by atoms with Crippen molar-refractivity contribution in [1.29, 1.82) is 0 Å². The summed E-state index contributed by atoms with van der Waals surface area (Å²) in [7, 11) is 1.30. The second-order valence-electron chi connectivity index (χ2n) is 8.39. The van der Waals surface area contributed by atoms with Crippen LogP contribution in [0.1, 0.15) is 46.2 Å². The number of hydrogen-bond donors (Lipinski definition) is 2. The maximum absolute atomic E-state index is 13.7. The molecule has 0 aliphatic carbocycles. The minimum Gasteiger partial charge on any atom is -0.507 e. The SMILES string of the molecule is COC(=O)C[C@@H](c1c(C)nn(-c2ccccn2)c1C)c1c(O)cc(C)n(CCc2cnc[nH]2)c1=O. The van der Waals surface area contributed by atoms with E-state index in [0.29, 0.717) is 35.7 Å².